The topological polar surface area (TPSA) is 29.5 Å². The molecule has 0 bridgehead atoms. The lowest BCUT2D eigenvalue weighted by atomic mass is 10.0. The van der Waals surface area contributed by atoms with E-state index in [0.717, 1.165) is 22.4 Å². The molecular formula is C22H19NO2S2. The Morgan fingerprint density at radius 1 is 1.19 bits per heavy atom. The van der Waals surface area contributed by atoms with Crippen molar-refractivity contribution in [2.45, 2.75) is 26.5 Å². The Labute approximate surface area is 168 Å². The van der Waals surface area contributed by atoms with Gasteiger partial charge in [0, 0.05) is 5.56 Å². The molecule has 2 aliphatic rings. The second-order valence-electron chi connectivity index (χ2n) is 6.70. The van der Waals surface area contributed by atoms with Crippen molar-refractivity contribution in [3.8, 4) is 5.75 Å². The minimum absolute atomic E-state index is 0.0440. The van der Waals surface area contributed by atoms with Gasteiger partial charge in [0.25, 0.3) is 5.91 Å². The number of carbonyl (C=O) groups excluding carboxylic acids is 1. The Bertz CT molecular complexity index is 976. The van der Waals surface area contributed by atoms with E-state index in [1.165, 1.54) is 17.3 Å². The molecular weight excluding hydrogens is 374 g/mol. The number of fused-ring (bicyclic) bond motifs is 1. The zero-order valence-electron chi connectivity index (χ0n) is 15.1. The fourth-order valence-electron chi connectivity index (χ4n) is 3.09. The second-order valence-corrected chi connectivity index (χ2v) is 8.37. The maximum atomic E-state index is 12.9. The van der Waals surface area contributed by atoms with Gasteiger partial charge in [-0.1, -0.05) is 72.0 Å². The van der Waals surface area contributed by atoms with E-state index in [9.17, 15) is 4.79 Å². The van der Waals surface area contributed by atoms with Crippen molar-refractivity contribution in [3.05, 3.63) is 81.8 Å². The highest BCUT2D eigenvalue weighted by molar-refractivity contribution is 8.26. The summed E-state index contributed by atoms with van der Waals surface area (Å²) >= 11 is 6.81. The summed E-state index contributed by atoms with van der Waals surface area (Å²) in [6, 6.07) is 16.1. The van der Waals surface area contributed by atoms with Crippen LogP contribution in [0.1, 0.15) is 23.6 Å². The van der Waals surface area contributed by atoms with Crippen molar-refractivity contribution >= 4 is 40.3 Å². The molecule has 27 heavy (non-hydrogen) atoms. The van der Waals surface area contributed by atoms with Gasteiger partial charge in [0.15, 0.2) is 0 Å². The van der Waals surface area contributed by atoms with Crippen LogP contribution in [0.2, 0.25) is 0 Å². The van der Waals surface area contributed by atoms with Gasteiger partial charge in [0.1, 0.15) is 16.2 Å². The standard InChI is InChI=1S/C22H19NO2S2/c1-14-7-9-16(10-8-14)13-23-21(24)20(27-22(23)26)12-18-11-17-5-3-4-6-19(17)25-15(18)2/h3-12,15H,13H2,1-2H3/b20-12-/t15-/m1/s1. The lowest BCUT2D eigenvalue weighted by Gasteiger charge is -2.23. The molecule has 1 amide bonds. The average molecular weight is 394 g/mol. The number of benzene rings is 2. The number of nitrogens with zero attached hydrogens (tertiary/aromatic N) is 1. The quantitative estimate of drug-likeness (QED) is 0.536. The van der Waals surface area contributed by atoms with Crippen LogP contribution in [0.25, 0.3) is 6.08 Å². The summed E-state index contributed by atoms with van der Waals surface area (Å²) in [7, 11) is 0. The van der Waals surface area contributed by atoms with Crippen molar-refractivity contribution in [2.75, 3.05) is 0 Å². The number of aryl methyl sites for hydroxylation is 1. The van der Waals surface area contributed by atoms with Gasteiger partial charge >= 0.3 is 0 Å². The normalized spacial score (nSPS) is 20.5. The van der Waals surface area contributed by atoms with E-state index < -0.39 is 0 Å². The lowest BCUT2D eigenvalue weighted by molar-refractivity contribution is -0.122. The monoisotopic (exact) mass is 393 g/mol. The van der Waals surface area contributed by atoms with Crippen molar-refractivity contribution in [1.29, 1.82) is 0 Å². The molecule has 0 saturated carbocycles. The minimum atomic E-state index is -0.111. The van der Waals surface area contributed by atoms with Crippen molar-refractivity contribution in [1.82, 2.24) is 4.90 Å². The first-order valence-corrected chi connectivity index (χ1v) is 10.0. The summed E-state index contributed by atoms with van der Waals surface area (Å²) in [4.78, 5) is 15.2. The van der Waals surface area contributed by atoms with Gasteiger partial charge < -0.3 is 4.74 Å². The minimum Gasteiger partial charge on any atom is -0.485 e. The van der Waals surface area contributed by atoms with Gasteiger partial charge in [-0.3, -0.25) is 9.69 Å². The molecule has 5 heteroatoms. The molecule has 2 aliphatic heterocycles. The first-order chi connectivity index (χ1) is 13.0. The zero-order valence-corrected chi connectivity index (χ0v) is 16.8. The largest absolute Gasteiger partial charge is 0.485 e. The molecule has 1 fully saturated rings. The molecule has 0 N–H and O–H groups in total. The van der Waals surface area contributed by atoms with Crippen molar-refractivity contribution < 1.29 is 9.53 Å². The number of hydrogen-bond donors (Lipinski definition) is 0. The van der Waals surface area contributed by atoms with Crippen LogP contribution in [0.5, 0.6) is 5.75 Å². The van der Waals surface area contributed by atoms with Crippen molar-refractivity contribution in [2.24, 2.45) is 0 Å². The Morgan fingerprint density at radius 3 is 2.70 bits per heavy atom. The highest BCUT2D eigenvalue weighted by atomic mass is 32.2. The number of rotatable bonds is 3. The molecule has 0 unspecified atom stereocenters. The molecule has 3 nitrogen and oxygen atoms in total. The maximum Gasteiger partial charge on any atom is 0.266 e. The van der Waals surface area contributed by atoms with Gasteiger partial charge in [-0.25, -0.2) is 0 Å². The highest BCUT2D eigenvalue weighted by Gasteiger charge is 2.33. The zero-order chi connectivity index (χ0) is 19.0. The number of ether oxygens (including phenoxy) is 1. The van der Waals surface area contributed by atoms with E-state index in [2.05, 4.69) is 6.08 Å². The maximum absolute atomic E-state index is 12.9. The number of thioether (sulfide) groups is 1. The van der Waals surface area contributed by atoms with Crippen LogP contribution in [0.4, 0.5) is 0 Å². The third-order valence-corrected chi connectivity index (χ3v) is 6.02. The number of amides is 1. The number of carbonyl (C=O) groups is 1. The molecule has 1 atom stereocenters. The second kappa shape index (κ2) is 7.33. The third-order valence-electron chi connectivity index (χ3n) is 4.65. The van der Waals surface area contributed by atoms with E-state index in [-0.39, 0.29) is 12.0 Å². The Morgan fingerprint density at radius 2 is 1.93 bits per heavy atom. The van der Waals surface area contributed by atoms with Gasteiger partial charge in [0.05, 0.1) is 11.4 Å². The lowest BCUT2D eigenvalue weighted by Crippen LogP contribution is -2.27. The summed E-state index contributed by atoms with van der Waals surface area (Å²) in [6.45, 7) is 4.53. The Kier molecular flexibility index (Phi) is 4.89. The van der Waals surface area contributed by atoms with Gasteiger partial charge in [-0.05, 0) is 43.2 Å². The van der Waals surface area contributed by atoms with E-state index in [1.54, 1.807) is 4.90 Å². The Balaban J connectivity index is 1.58. The molecule has 0 spiro atoms. The van der Waals surface area contributed by atoms with Gasteiger partial charge in [0.2, 0.25) is 0 Å². The van der Waals surface area contributed by atoms with Crippen LogP contribution in [0, 0.1) is 6.92 Å². The van der Waals surface area contributed by atoms with Crippen LogP contribution in [0.15, 0.2) is 65.1 Å². The van der Waals surface area contributed by atoms with Crippen LogP contribution >= 0.6 is 24.0 Å². The molecule has 4 rings (SSSR count). The third kappa shape index (κ3) is 3.70. The molecule has 2 aromatic carbocycles. The van der Waals surface area contributed by atoms with Crippen LogP contribution in [-0.2, 0) is 11.3 Å². The smallest absolute Gasteiger partial charge is 0.266 e. The average Bonchev–Trinajstić information content (AvgIpc) is 2.91. The van der Waals surface area contributed by atoms with Gasteiger partial charge in [-0.2, -0.15) is 0 Å². The van der Waals surface area contributed by atoms with Crippen LogP contribution < -0.4 is 4.74 Å². The molecule has 0 aliphatic carbocycles. The van der Waals surface area contributed by atoms with E-state index in [4.69, 9.17) is 17.0 Å². The van der Waals surface area contributed by atoms with E-state index >= 15 is 0 Å². The molecule has 1 saturated heterocycles. The summed E-state index contributed by atoms with van der Waals surface area (Å²) in [5, 5.41) is 0. The predicted octanol–water partition coefficient (Wildman–Crippen LogP) is 5.10. The molecule has 0 radical (unpaired) electrons. The summed E-state index contributed by atoms with van der Waals surface area (Å²) in [5.74, 6) is 0.826. The molecule has 2 heterocycles. The first kappa shape index (κ1) is 18.0. The van der Waals surface area contributed by atoms with Gasteiger partial charge in [-0.15, -0.1) is 0 Å². The summed E-state index contributed by atoms with van der Waals surface area (Å²) in [5.41, 5.74) is 4.27. The number of para-hydroxylation sites is 1. The SMILES string of the molecule is Cc1ccc(CN2C(=O)/C(=C/C3=Cc4ccccc4O[C@@H]3C)SC2=S)cc1. The van der Waals surface area contributed by atoms with E-state index in [1.807, 2.05) is 68.5 Å². The fourth-order valence-corrected chi connectivity index (χ4v) is 4.34. The van der Waals surface area contributed by atoms with Crippen molar-refractivity contribution in [3.63, 3.8) is 0 Å². The highest BCUT2D eigenvalue weighted by Crippen LogP contribution is 2.36. The molecule has 2 aromatic rings. The summed E-state index contributed by atoms with van der Waals surface area (Å²) < 4.78 is 6.57. The number of thiocarbonyl (C=S) groups is 1. The predicted molar refractivity (Wildman–Crippen MR) is 115 cm³/mol. The van der Waals surface area contributed by atoms with Crippen LogP contribution in [-0.4, -0.2) is 21.2 Å². The summed E-state index contributed by atoms with van der Waals surface area (Å²) in [6.07, 6.45) is 3.88. The first-order valence-electron chi connectivity index (χ1n) is 8.79. The van der Waals surface area contributed by atoms with Crippen LogP contribution in [0.3, 0.4) is 0 Å². The molecule has 0 aromatic heterocycles. The fraction of sp³-hybridized carbons (Fsp3) is 0.182. The number of hydrogen-bond acceptors (Lipinski definition) is 4. The van der Waals surface area contributed by atoms with E-state index in [0.29, 0.717) is 15.8 Å². The molecule has 136 valence electrons. The Hall–Kier alpha value is -2.37.